The average molecular weight is 340 g/mol. The Balaban J connectivity index is 1.45. The maximum atomic E-state index is 10.8. The zero-order valence-electron chi connectivity index (χ0n) is 14.3. The van der Waals surface area contributed by atoms with Crippen LogP contribution < -0.4 is 15.2 Å². The first-order chi connectivity index (χ1) is 12.2. The summed E-state index contributed by atoms with van der Waals surface area (Å²) in [4.78, 5) is 13.1. The molecule has 0 aliphatic carbocycles. The summed E-state index contributed by atoms with van der Waals surface area (Å²) in [5, 5.41) is 0. The number of ether oxygens (including phenoxy) is 2. The zero-order valence-corrected chi connectivity index (χ0v) is 14.3. The Bertz CT molecular complexity index is 673. The molecule has 1 fully saturated rings. The normalized spacial score (nSPS) is 17.4. The van der Waals surface area contributed by atoms with Crippen LogP contribution in [0.25, 0.3) is 0 Å². The fraction of sp³-hybridized carbons (Fsp3) is 0.350. The number of carbonyl (C=O) groups is 1. The van der Waals surface area contributed by atoms with E-state index < -0.39 is 0 Å². The number of nitrogens with zero attached hydrogens (tertiary/aromatic N) is 1. The molecule has 0 aromatic heterocycles. The Hall–Kier alpha value is -2.53. The predicted octanol–water partition coefficient (Wildman–Crippen LogP) is 3.20. The van der Waals surface area contributed by atoms with Gasteiger partial charge >= 0.3 is 0 Å². The second kappa shape index (κ2) is 8.53. The second-order valence-corrected chi connectivity index (χ2v) is 6.29. The number of amides is 1. The third-order valence-corrected chi connectivity index (χ3v) is 4.23. The van der Waals surface area contributed by atoms with Gasteiger partial charge < -0.3 is 15.2 Å². The van der Waals surface area contributed by atoms with Gasteiger partial charge in [-0.3, -0.25) is 9.69 Å². The monoisotopic (exact) mass is 340 g/mol. The minimum Gasteiger partial charge on any atom is -0.489 e. The Morgan fingerprint density at radius 2 is 1.72 bits per heavy atom. The second-order valence-electron chi connectivity index (χ2n) is 6.29. The molecule has 3 rings (SSSR count). The van der Waals surface area contributed by atoms with E-state index in [1.54, 1.807) is 0 Å². The van der Waals surface area contributed by atoms with Crippen LogP contribution in [0.2, 0.25) is 0 Å². The summed E-state index contributed by atoms with van der Waals surface area (Å²) in [7, 11) is 0. The van der Waals surface area contributed by atoms with Crippen LogP contribution in [0.4, 0.5) is 0 Å². The van der Waals surface area contributed by atoms with Gasteiger partial charge in [0, 0.05) is 19.5 Å². The highest BCUT2D eigenvalue weighted by molar-refractivity contribution is 5.73. The first-order valence-corrected chi connectivity index (χ1v) is 8.69. The third kappa shape index (κ3) is 5.50. The minimum absolute atomic E-state index is 0.189. The number of carbonyl (C=O) groups excluding carboxylic acids is 1. The molecule has 5 heteroatoms. The van der Waals surface area contributed by atoms with Gasteiger partial charge in [-0.05, 0) is 55.8 Å². The largest absolute Gasteiger partial charge is 0.489 e. The molecule has 132 valence electrons. The number of para-hydroxylation sites is 1. The van der Waals surface area contributed by atoms with E-state index in [4.69, 9.17) is 15.2 Å². The lowest BCUT2D eigenvalue weighted by molar-refractivity contribution is -0.118. The number of hydrogen-bond acceptors (Lipinski definition) is 4. The lowest BCUT2D eigenvalue weighted by Crippen LogP contribution is -2.26. The van der Waals surface area contributed by atoms with Crippen LogP contribution in [0.5, 0.6) is 17.2 Å². The Morgan fingerprint density at radius 1 is 1.04 bits per heavy atom. The lowest BCUT2D eigenvalue weighted by atomic mass is 10.3. The number of nitrogens with two attached hydrogens (primary N) is 1. The minimum atomic E-state index is -0.232. The fourth-order valence-corrected chi connectivity index (χ4v) is 2.98. The van der Waals surface area contributed by atoms with Gasteiger partial charge in [0.1, 0.15) is 23.4 Å². The Kier molecular flexibility index (Phi) is 5.90. The van der Waals surface area contributed by atoms with Crippen LogP contribution in [0.3, 0.4) is 0 Å². The topological polar surface area (TPSA) is 64.8 Å². The summed E-state index contributed by atoms with van der Waals surface area (Å²) in [5.74, 6) is 2.23. The van der Waals surface area contributed by atoms with Crippen LogP contribution in [-0.4, -0.2) is 36.5 Å². The highest BCUT2D eigenvalue weighted by atomic mass is 16.5. The number of hydrogen-bond donors (Lipinski definition) is 1. The standard InChI is InChI=1S/C20H24N2O3/c21-20(23)7-4-13-22-14-12-19(15-22)25-18-10-8-17(9-11-18)24-16-5-2-1-3-6-16/h1-3,5-6,8-11,19H,4,7,12-15H2,(H2,21,23). The van der Waals surface area contributed by atoms with Crippen LogP contribution in [0.15, 0.2) is 54.6 Å². The summed E-state index contributed by atoms with van der Waals surface area (Å²) in [6.45, 7) is 2.78. The molecule has 25 heavy (non-hydrogen) atoms. The SMILES string of the molecule is NC(=O)CCCN1CCC(Oc2ccc(Oc3ccccc3)cc2)C1. The molecule has 2 aromatic rings. The molecular weight excluding hydrogens is 316 g/mol. The van der Waals surface area contributed by atoms with E-state index in [0.717, 1.165) is 49.7 Å². The number of likely N-dealkylation sites (tertiary alicyclic amines) is 1. The van der Waals surface area contributed by atoms with E-state index in [9.17, 15) is 4.79 Å². The zero-order chi connectivity index (χ0) is 17.5. The molecule has 2 N–H and O–H groups in total. The van der Waals surface area contributed by atoms with Crippen molar-refractivity contribution in [1.82, 2.24) is 4.90 Å². The maximum absolute atomic E-state index is 10.8. The van der Waals surface area contributed by atoms with Gasteiger partial charge in [-0.2, -0.15) is 0 Å². The fourth-order valence-electron chi connectivity index (χ4n) is 2.98. The lowest BCUT2D eigenvalue weighted by Gasteiger charge is -2.16. The molecule has 1 unspecified atom stereocenters. The van der Waals surface area contributed by atoms with Gasteiger partial charge in [0.15, 0.2) is 0 Å². The van der Waals surface area contributed by atoms with Crippen LogP contribution in [-0.2, 0) is 4.79 Å². The van der Waals surface area contributed by atoms with Crippen molar-refractivity contribution in [2.24, 2.45) is 5.73 Å². The van der Waals surface area contributed by atoms with Crippen molar-refractivity contribution in [3.63, 3.8) is 0 Å². The molecule has 0 spiro atoms. The molecule has 1 saturated heterocycles. The molecule has 1 aliphatic heterocycles. The summed E-state index contributed by atoms with van der Waals surface area (Å²) in [6.07, 6.45) is 2.45. The van der Waals surface area contributed by atoms with Crippen LogP contribution >= 0.6 is 0 Å². The summed E-state index contributed by atoms with van der Waals surface area (Å²) >= 11 is 0. The van der Waals surface area contributed by atoms with Gasteiger partial charge in [0.05, 0.1) is 0 Å². The van der Waals surface area contributed by atoms with Gasteiger partial charge in [0.25, 0.3) is 0 Å². The van der Waals surface area contributed by atoms with Crippen molar-refractivity contribution in [3.05, 3.63) is 54.6 Å². The third-order valence-electron chi connectivity index (χ3n) is 4.23. The average Bonchev–Trinajstić information content (AvgIpc) is 3.05. The summed E-state index contributed by atoms with van der Waals surface area (Å²) in [6, 6.07) is 17.4. The van der Waals surface area contributed by atoms with Crippen molar-refractivity contribution >= 4 is 5.91 Å². The number of benzene rings is 2. The van der Waals surface area contributed by atoms with E-state index in [1.807, 2.05) is 54.6 Å². The first kappa shape index (κ1) is 17.3. The summed E-state index contributed by atoms with van der Waals surface area (Å²) in [5.41, 5.74) is 5.18. The van der Waals surface area contributed by atoms with Crippen molar-refractivity contribution in [2.75, 3.05) is 19.6 Å². The molecule has 1 atom stereocenters. The van der Waals surface area contributed by atoms with E-state index >= 15 is 0 Å². The van der Waals surface area contributed by atoms with Gasteiger partial charge in [0.2, 0.25) is 5.91 Å². The summed E-state index contributed by atoms with van der Waals surface area (Å²) < 4.78 is 11.8. The molecule has 0 bridgehead atoms. The van der Waals surface area contributed by atoms with E-state index in [2.05, 4.69) is 4.90 Å². The Morgan fingerprint density at radius 3 is 2.44 bits per heavy atom. The molecule has 0 radical (unpaired) electrons. The van der Waals surface area contributed by atoms with Crippen LogP contribution in [0.1, 0.15) is 19.3 Å². The predicted molar refractivity (Wildman–Crippen MR) is 96.9 cm³/mol. The quantitative estimate of drug-likeness (QED) is 0.801. The van der Waals surface area contributed by atoms with E-state index in [1.165, 1.54) is 0 Å². The molecule has 1 heterocycles. The Labute approximate surface area is 148 Å². The van der Waals surface area contributed by atoms with Gasteiger partial charge in [-0.15, -0.1) is 0 Å². The van der Waals surface area contributed by atoms with Gasteiger partial charge in [-0.1, -0.05) is 18.2 Å². The van der Waals surface area contributed by atoms with Crippen LogP contribution in [0, 0.1) is 0 Å². The highest BCUT2D eigenvalue weighted by Crippen LogP contribution is 2.25. The number of primary amides is 1. The first-order valence-electron chi connectivity index (χ1n) is 8.69. The molecule has 1 aliphatic rings. The van der Waals surface area contributed by atoms with Crippen molar-refractivity contribution in [2.45, 2.75) is 25.4 Å². The van der Waals surface area contributed by atoms with Crippen molar-refractivity contribution in [1.29, 1.82) is 0 Å². The van der Waals surface area contributed by atoms with E-state index in [-0.39, 0.29) is 12.0 Å². The molecule has 0 saturated carbocycles. The van der Waals surface area contributed by atoms with E-state index in [0.29, 0.717) is 6.42 Å². The molecule has 2 aromatic carbocycles. The van der Waals surface area contributed by atoms with Gasteiger partial charge in [-0.25, -0.2) is 0 Å². The molecular formula is C20H24N2O3. The number of rotatable bonds is 8. The molecule has 5 nitrogen and oxygen atoms in total. The smallest absolute Gasteiger partial charge is 0.217 e. The van der Waals surface area contributed by atoms with Crippen molar-refractivity contribution in [3.8, 4) is 17.2 Å². The van der Waals surface area contributed by atoms with Crippen molar-refractivity contribution < 1.29 is 14.3 Å². The maximum Gasteiger partial charge on any atom is 0.217 e. The highest BCUT2D eigenvalue weighted by Gasteiger charge is 2.23. The molecule has 1 amide bonds.